The minimum Gasteiger partial charge on any atom is -0.497 e. The van der Waals surface area contributed by atoms with Crippen LogP contribution >= 0.6 is 11.3 Å². The van der Waals surface area contributed by atoms with Crippen molar-refractivity contribution in [1.82, 2.24) is 9.88 Å². The number of rotatable bonds is 7. The normalized spacial score (nSPS) is 14.5. The van der Waals surface area contributed by atoms with Gasteiger partial charge in [-0.2, -0.15) is 0 Å². The van der Waals surface area contributed by atoms with Crippen molar-refractivity contribution < 1.29 is 9.53 Å². The van der Waals surface area contributed by atoms with Crippen LogP contribution < -0.4 is 15.0 Å². The summed E-state index contributed by atoms with van der Waals surface area (Å²) in [5, 5.41) is 5.57. The average molecular weight is 423 g/mol. The van der Waals surface area contributed by atoms with Crippen molar-refractivity contribution >= 4 is 28.1 Å². The second-order valence-electron chi connectivity index (χ2n) is 7.23. The first-order chi connectivity index (χ1) is 14.7. The van der Waals surface area contributed by atoms with Crippen molar-refractivity contribution in [3.63, 3.8) is 0 Å². The van der Waals surface area contributed by atoms with Crippen LogP contribution in [0.25, 0.3) is 11.3 Å². The summed E-state index contributed by atoms with van der Waals surface area (Å²) in [7, 11) is 1.68. The Kier molecular flexibility index (Phi) is 6.61. The highest BCUT2D eigenvalue weighted by Gasteiger charge is 2.18. The van der Waals surface area contributed by atoms with E-state index in [0.29, 0.717) is 11.6 Å². The number of nitrogens with zero attached hydrogens (tertiary/aromatic N) is 3. The maximum Gasteiger partial charge on any atom is 0.227 e. The summed E-state index contributed by atoms with van der Waals surface area (Å²) in [6.45, 7) is 4.59. The fourth-order valence-corrected chi connectivity index (χ4v) is 4.27. The van der Waals surface area contributed by atoms with Gasteiger partial charge in [0.1, 0.15) is 5.75 Å². The van der Waals surface area contributed by atoms with Gasteiger partial charge in [0.25, 0.3) is 0 Å². The number of carbonyl (C=O) groups is 1. The first kappa shape index (κ1) is 20.4. The highest BCUT2D eigenvalue weighted by Crippen LogP contribution is 2.25. The van der Waals surface area contributed by atoms with Crippen LogP contribution in [0.4, 0.5) is 10.8 Å². The van der Waals surface area contributed by atoms with E-state index in [4.69, 9.17) is 4.74 Å². The Morgan fingerprint density at radius 2 is 1.80 bits per heavy atom. The molecule has 0 radical (unpaired) electrons. The van der Waals surface area contributed by atoms with Crippen LogP contribution in [0.3, 0.4) is 0 Å². The molecule has 1 aliphatic heterocycles. The van der Waals surface area contributed by atoms with Gasteiger partial charge in [-0.15, -0.1) is 11.3 Å². The van der Waals surface area contributed by atoms with E-state index in [-0.39, 0.29) is 5.91 Å². The summed E-state index contributed by atoms with van der Waals surface area (Å²) >= 11 is 1.46. The third kappa shape index (κ3) is 5.17. The first-order valence-electron chi connectivity index (χ1n) is 10.1. The third-order valence-corrected chi connectivity index (χ3v) is 6.04. The topological polar surface area (TPSA) is 57.7 Å². The number of benzene rings is 2. The van der Waals surface area contributed by atoms with Gasteiger partial charge in [0.05, 0.1) is 12.8 Å². The zero-order chi connectivity index (χ0) is 20.8. The summed E-state index contributed by atoms with van der Waals surface area (Å²) < 4.78 is 5.23. The largest absolute Gasteiger partial charge is 0.497 e. The lowest BCUT2D eigenvalue weighted by atomic mass is 10.2. The van der Waals surface area contributed by atoms with Crippen molar-refractivity contribution in [2.75, 3.05) is 50.1 Å². The number of hydrogen-bond acceptors (Lipinski definition) is 6. The first-order valence-corrected chi connectivity index (χ1v) is 11.0. The van der Waals surface area contributed by atoms with E-state index in [1.54, 1.807) is 7.11 Å². The molecule has 1 aromatic heterocycles. The fourth-order valence-electron chi connectivity index (χ4n) is 3.54. The molecule has 7 heteroatoms. The van der Waals surface area contributed by atoms with Gasteiger partial charge in [0.2, 0.25) is 5.91 Å². The summed E-state index contributed by atoms with van der Waals surface area (Å²) in [4.78, 5) is 21.6. The van der Waals surface area contributed by atoms with Gasteiger partial charge in [-0.1, -0.05) is 30.3 Å². The molecule has 156 valence electrons. The molecule has 0 aliphatic carbocycles. The Morgan fingerprint density at radius 3 is 2.50 bits per heavy atom. The maximum atomic E-state index is 12.4. The maximum absolute atomic E-state index is 12.4. The van der Waals surface area contributed by atoms with Gasteiger partial charge >= 0.3 is 0 Å². The molecule has 0 atom stereocenters. The lowest BCUT2D eigenvalue weighted by molar-refractivity contribution is -0.116. The molecule has 0 saturated carbocycles. The van der Waals surface area contributed by atoms with Crippen molar-refractivity contribution in [2.24, 2.45) is 0 Å². The van der Waals surface area contributed by atoms with E-state index in [1.807, 2.05) is 47.8 Å². The Morgan fingerprint density at radius 1 is 1.07 bits per heavy atom. The monoisotopic (exact) mass is 422 g/mol. The second-order valence-corrected chi connectivity index (χ2v) is 8.09. The molecule has 0 unspecified atom stereocenters. The molecule has 4 rings (SSSR count). The van der Waals surface area contributed by atoms with E-state index >= 15 is 0 Å². The molecular weight excluding hydrogens is 396 g/mol. The Labute approximate surface area is 181 Å². The number of aromatic nitrogens is 1. The van der Waals surface area contributed by atoms with Gasteiger partial charge < -0.3 is 15.0 Å². The minimum atomic E-state index is 0.0153. The zero-order valence-electron chi connectivity index (χ0n) is 17.1. The number of amides is 1. The van der Waals surface area contributed by atoms with Crippen LogP contribution in [0.5, 0.6) is 5.75 Å². The van der Waals surface area contributed by atoms with Crippen molar-refractivity contribution in [2.45, 2.75) is 6.42 Å². The second kappa shape index (κ2) is 9.73. The van der Waals surface area contributed by atoms with Crippen LogP contribution in [0, 0.1) is 0 Å². The predicted octanol–water partition coefficient (Wildman–Crippen LogP) is 3.97. The molecule has 30 heavy (non-hydrogen) atoms. The van der Waals surface area contributed by atoms with Gasteiger partial charge in [0.15, 0.2) is 5.13 Å². The Hall–Kier alpha value is -2.90. The molecule has 3 aromatic rings. The lowest BCUT2D eigenvalue weighted by Crippen LogP contribution is -2.47. The number of nitrogens with one attached hydrogen (secondary N) is 1. The number of ether oxygens (including phenoxy) is 1. The van der Waals surface area contributed by atoms with Gasteiger partial charge in [-0.05, 0) is 24.3 Å². The van der Waals surface area contributed by atoms with Crippen LogP contribution in [-0.2, 0) is 4.79 Å². The van der Waals surface area contributed by atoms with Crippen molar-refractivity contribution in [3.8, 4) is 17.0 Å². The fraction of sp³-hybridized carbons (Fsp3) is 0.304. The number of piperazine rings is 1. The molecule has 1 saturated heterocycles. The number of methoxy groups -OCH3 is 1. The molecule has 0 spiro atoms. The average Bonchev–Trinajstić information content (AvgIpc) is 3.27. The summed E-state index contributed by atoms with van der Waals surface area (Å²) in [6.07, 6.45) is 0.475. The van der Waals surface area contributed by atoms with Gasteiger partial charge in [0, 0.05) is 55.8 Å². The van der Waals surface area contributed by atoms with E-state index in [0.717, 1.165) is 49.7 Å². The SMILES string of the molecule is COc1ccc(N2CCN(CCC(=O)Nc3nc(-c4ccccc4)cs3)CC2)cc1. The standard InChI is InChI=1S/C23H26N4O2S/c1-29-20-9-7-19(8-10-20)27-15-13-26(14-16-27)12-11-22(28)25-23-24-21(17-30-23)18-5-3-2-4-6-18/h2-10,17H,11-16H2,1H3,(H,24,25,28). The summed E-state index contributed by atoms with van der Waals surface area (Å²) in [5.74, 6) is 0.890. The van der Waals surface area contributed by atoms with Crippen LogP contribution in [-0.4, -0.2) is 55.6 Å². The smallest absolute Gasteiger partial charge is 0.227 e. The predicted molar refractivity (Wildman–Crippen MR) is 122 cm³/mol. The van der Waals surface area contributed by atoms with Crippen LogP contribution in [0.15, 0.2) is 60.0 Å². The highest BCUT2D eigenvalue weighted by molar-refractivity contribution is 7.14. The number of thiazole rings is 1. The van der Waals surface area contributed by atoms with Crippen molar-refractivity contribution in [1.29, 1.82) is 0 Å². The Balaban J connectivity index is 1.21. The molecule has 1 fully saturated rings. The number of hydrogen-bond donors (Lipinski definition) is 1. The summed E-state index contributed by atoms with van der Waals surface area (Å²) in [5.41, 5.74) is 3.17. The molecular formula is C23H26N4O2S. The third-order valence-electron chi connectivity index (χ3n) is 5.29. The van der Waals surface area contributed by atoms with Crippen LogP contribution in [0.1, 0.15) is 6.42 Å². The molecule has 1 aliphatic rings. The Bertz CT molecular complexity index is 951. The van der Waals surface area contributed by atoms with Gasteiger partial charge in [-0.25, -0.2) is 4.98 Å². The molecule has 0 bridgehead atoms. The van der Waals surface area contributed by atoms with Crippen molar-refractivity contribution in [3.05, 3.63) is 60.0 Å². The summed E-state index contributed by atoms with van der Waals surface area (Å²) in [6, 6.07) is 18.2. The molecule has 6 nitrogen and oxygen atoms in total. The van der Waals surface area contributed by atoms with E-state index in [9.17, 15) is 4.79 Å². The van der Waals surface area contributed by atoms with E-state index < -0.39 is 0 Å². The van der Waals surface area contributed by atoms with E-state index in [1.165, 1.54) is 17.0 Å². The quantitative estimate of drug-likeness (QED) is 0.624. The van der Waals surface area contributed by atoms with Gasteiger partial charge in [-0.3, -0.25) is 9.69 Å². The highest BCUT2D eigenvalue weighted by atomic mass is 32.1. The minimum absolute atomic E-state index is 0.0153. The molecule has 1 N–H and O–H groups in total. The number of anilines is 2. The number of carbonyl (C=O) groups excluding carboxylic acids is 1. The lowest BCUT2D eigenvalue weighted by Gasteiger charge is -2.36. The molecule has 1 amide bonds. The molecule has 2 aromatic carbocycles. The van der Waals surface area contributed by atoms with Crippen LogP contribution in [0.2, 0.25) is 0 Å². The zero-order valence-corrected chi connectivity index (χ0v) is 17.9. The van der Waals surface area contributed by atoms with E-state index in [2.05, 4.69) is 32.2 Å². The molecule has 2 heterocycles.